The maximum absolute atomic E-state index is 6.23. The highest BCUT2D eigenvalue weighted by Gasteiger charge is 2.42. The van der Waals surface area contributed by atoms with Gasteiger partial charge in [0, 0.05) is 11.3 Å². The Morgan fingerprint density at radius 1 is 1.00 bits per heavy atom. The van der Waals surface area contributed by atoms with Gasteiger partial charge in [-0.05, 0) is 51.4 Å². The minimum Gasteiger partial charge on any atom is -0.352 e. The molecule has 3 unspecified atom stereocenters. The molecule has 0 aromatic rings. The molecule has 3 atom stereocenters. The third-order valence-electron chi connectivity index (χ3n) is 5.30. The zero-order chi connectivity index (χ0) is 15.0. The van der Waals surface area contributed by atoms with Crippen molar-refractivity contribution < 1.29 is 9.47 Å². The standard InChI is InChI=1S/C19H30O2/c1-13-5-14(2)8-17(7-13)18-20-11-19(12-21-18)9-15(3)6-16(4)10-19/h5-6,13,15,17-18H,7-12H2,1-4H3. The van der Waals surface area contributed by atoms with Crippen LogP contribution in [-0.2, 0) is 9.47 Å². The lowest BCUT2D eigenvalue weighted by molar-refractivity contribution is -0.255. The topological polar surface area (TPSA) is 18.5 Å². The lowest BCUT2D eigenvalue weighted by Gasteiger charge is -2.46. The van der Waals surface area contributed by atoms with Crippen molar-refractivity contribution in [2.75, 3.05) is 13.2 Å². The predicted molar refractivity (Wildman–Crippen MR) is 85.9 cm³/mol. The molecule has 2 heteroatoms. The molecule has 1 heterocycles. The van der Waals surface area contributed by atoms with E-state index in [9.17, 15) is 0 Å². The van der Waals surface area contributed by atoms with Gasteiger partial charge in [-0.15, -0.1) is 0 Å². The summed E-state index contributed by atoms with van der Waals surface area (Å²) >= 11 is 0. The van der Waals surface area contributed by atoms with Crippen LogP contribution in [0.15, 0.2) is 23.3 Å². The second kappa shape index (κ2) is 5.89. The van der Waals surface area contributed by atoms with E-state index in [-0.39, 0.29) is 11.7 Å². The minimum absolute atomic E-state index is 0.0169. The highest BCUT2D eigenvalue weighted by atomic mass is 16.7. The van der Waals surface area contributed by atoms with E-state index < -0.39 is 0 Å². The van der Waals surface area contributed by atoms with Crippen molar-refractivity contribution in [1.29, 1.82) is 0 Å². The van der Waals surface area contributed by atoms with Crippen LogP contribution in [0.25, 0.3) is 0 Å². The molecule has 0 aromatic heterocycles. The fraction of sp³-hybridized carbons (Fsp3) is 0.789. The number of rotatable bonds is 1. The van der Waals surface area contributed by atoms with Crippen molar-refractivity contribution in [2.24, 2.45) is 23.2 Å². The Balaban J connectivity index is 1.61. The van der Waals surface area contributed by atoms with E-state index in [0.717, 1.165) is 26.1 Å². The van der Waals surface area contributed by atoms with Crippen molar-refractivity contribution in [3.8, 4) is 0 Å². The van der Waals surface area contributed by atoms with Gasteiger partial charge in [0.2, 0.25) is 0 Å². The van der Waals surface area contributed by atoms with Crippen molar-refractivity contribution in [3.05, 3.63) is 23.3 Å². The van der Waals surface area contributed by atoms with Crippen molar-refractivity contribution >= 4 is 0 Å². The van der Waals surface area contributed by atoms with Crippen LogP contribution in [0.2, 0.25) is 0 Å². The van der Waals surface area contributed by atoms with Crippen molar-refractivity contribution in [1.82, 2.24) is 0 Å². The molecule has 1 aliphatic heterocycles. The van der Waals surface area contributed by atoms with Crippen LogP contribution in [0.1, 0.15) is 53.4 Å². The molecule has 2 aliphatic carbocycles. The first kappa shape index (κ1) is 15.3. The monoisotopic (exact) mass is 290 g/mol. The molecule has 0 N–H and O–H groups in total. The average molecular weight is 290 g/mol. The molecule has 1 spiro atoms. The van der Waals surface area contributed by atoms with Gasteiger partial charge < -0.3 is 9.47 Å². The predicted octanol–water partition coefficient (Wildman–Crippen LogP) is 4.71. The first-order valence-electron chi connectivity index (χ1n) is 8.54. The second-order valence-electron chi connectivity index (χ2n) is 8.05. The second-order valence-corrected chi connectivity index (χ2v) is 8.05. The summed E-state index contributed by atoms with van der Waals surface area (Å²) in [5.74, 6) is 1.86. The summed E-state index contributed by atoms with van der Waals surface area (Å²) < 4.78 is 12.5. The van der Waals surface area contributed by atoms with Gasteiger partial charge in [-0.3, -0.25) is 0 Å². The van der Waals surface area contributed by atoms with Crippen LogP contribution >= 0.6 is 0 Å². The lowest BCUT2D eigenvalue weighted by atomic mass is 9.71. The molecule has 21 heavy (non-hydrogen) atoms. The van der Waals surface area contributed by atoms with E-state index in [0.29, 0.717) is 17.8 Å². The van der Waals surface area contributed by atoms with Crippen LogP contribution in [0.4, 0.5) is 0 Å². The van der Waals surface area contributed by atoms with Gasteiger partial charge in [0.05, 0.1) is 13.2 Å². The maximum Gasteiger partial charge on any atom is 0.160 e. The van der Waals surface area contributed by atoms with Gasteiger partial charge in [-0.25, -0.2) is 0 Å². The van der Waals surface area contributed by atoms with Crippen molar-refractivity contribution in [3.63, 3.8) is 0 Å². The van der Waals surface area contributed by atoms with Gasteiger partial charge in [0.25, 0.3) is 0 Å². The zero-order valence-electron chi connectivity index (χ0n) is 14.0. The van der Waals surface area contributed by atoms with E-state index in [1.807, 2.05) is 0 Å². The Kier molecular flexibility index (Phi) is 4.29. The smallest absolute Gasteiger partial charge is 0.160 e. The van der Waals surface area contributed by atoms with Gasteiger partial charge in [-0.1, -0.05) is 37.1 Å². The average Bonchev–Trinajstić information content (AvgIpc) is 2.36. The van der Waals surface area contributed by atoms with Gasteiger partial charge >= 0.3 is 0 Å². The number of allylic oxidation sites excluding steroid dienone is 4. The van der Waals surface area contributed by atoms with Gasteiger partial charge in [0.15, 0.2) is 6.29 Å². The molecule has 3 rings (SSSR count). The zero-order valence-corrected chi connectivity index (χ0v) is 14.0. The summed E-state index contributed by atoms with van der Waals surface area (Å²) in [5.41, 5.74) is 3.24. The van der Waals surface area contributed by atoms with Crippen LogP contribution < -0.4 is 0 Å². The maximum atomic E-state index is 6.23. The lowest BCUT2D eigenvalue weighted by Crippen LogP contribution is -2.46. The molecule has 1 saturated heterocycles. The van der Waals surface area contributed by atoms with Crippen molar-refractivity contribution in [2.45, 2.75) is 59.7 Å². The third-order valence-corrected chi connectivity index (χ3v) is 5.30. The molecular formula is C19H30O2. The molecule has 0 bridgehead atoms. The molecular weight excluding hydrogens is 260 g/mol. The molecule has 0 amide bonds. The Morgan fingerprint density at radius 2 is 1.67 bits per heavy atom. The Hall–Kier alpha value is -0.600. The van der Waals surface area contributed by atoms with E-state index in [1.54, 1.807) is 0 Å². The fourth-order valence-electron chi connectivity index (χ4n) is 4.85. The highest BCUT2D eigenvalue weighted by Crippen LogP contribution is 2.43. The van der Waals surface area contributed by atoms with Crippen LogP contribution in [0.3, 0.4) is 0 Å². The molecule has 118 valence electrons. The normalized spacial score (nSPS) is 44.4. The molecule has 0 aromatic carbocycles. The first-order valence-corrected chi connectivity index (χ1v) is 8.54. The third kappa shape index (κ3) is 3.43. The van der Waals surface area contributed by atoms with Crippen LogP contribution in [-0.4, -0.2) is 19.5 Å². The van der Waals surface area contributed by atoms with E-state index >= 15 is 0 Å². The number of hydrogen-bond donors (Lipinski definition) is 0. The van der Waals surface area contributed by atoms with E-state index in [1.165, 1.54) is 24.0 Å². The van der Waals surface area contributed by atoms with E-state index in [4.69, 9.17) is 9.47 Å². The summed E-state index contributed by atoms with van der Waals surface area (Å²) in [7, 11) is 0. The number of ether oxygens (including phenoxy) is 2. The highest BCUT2D eigenvalue weighted by molar-refractivity contribution is 5.11. The molecule has 0 radical (unpaired) electrons. The van der Waals surface area contributed by atoms with Gasteiger partial charge in [-0.2, -0.15) is 0 Å². The molecule has 1 fully saturated rings. The molecule has 3 aliphatic rings. The van der Waals surface area contributed by atoms with Crippen LogP contribution in [0, 0.1) is 23.2 Å². The molecule has 2 nitrogen and oxygen atoms in total. The Labute approximate surface area is 129 Å². The first-order chi connectivity index (χ1) is 9.96. The minimum atomic E-state index is 0.0169. The summed E-state index contributed by atoms with van der Waals surface area (Å²) in [6, 6.07) is 0. The number of hydrogen-bond acceptors (Lipinski definition) is 2. The summed E-state index contributed by atoms with van der Waals surface area (Å²) in [6.07, 6.45) is 9.51. The largest absolute Gasteiger partial charge is 0.352 e. The Morgan fingerprint density at radius 3 is 2.29 bits per heavy atom. The fourth-order valence-corrected chi connectivity index (χ4v) is 4.85. The summed E-state index contributed by atoms with van der Waals surface area (Å²) in [6.45, 7) is 10.9. The van der Waals surface area contributed by atoms with Gasteiger partial charge in [0.1, 0.15) is 0 Å². The molecule has 0 saturated carbocycles. The Bertz CT molecular complexity index is 440. The summed E-state index contributed by atoms with van der Waals surface area (Å²) in [4.78, 5) is 0. The summed E-state index contributed by atoms with van der Waals surface area (Å²) in [5, 5.41) is 0. The quantitative estimate of drug-likeness (QED) is 0.651. The van der Waals surface area contributed by atoms with Crippen LogP contribution in [0.5, 0.6) is 0 Å². The van der Waals surface area contributed by atoms with E-state index in [2.05, 4.69) is 39.8 Å². The SMILES string of the molecule is CC1=CC(C)CC(C2OCC3(CO2)CC(C)=CC(C)C3)C1.